The number of rotatable bonds is 3. The molecule has 0 aliphatic rings. The lowest BCUT2D eigenvalue weighted by atomic mass is 10.0. The molecule has 0 atom stereocenters. The van der Waals surface area contributed by atoms with Crippen molar-refractivity contribution in [1.29, 1.82) is 5.26 Å². The predicted octanol–water partition coefficient (Wildman–Crippen LogP) is 2.79. The Kier molecular flexibility index (Phi) is 4.20. The summed E-state index contributed by atoms with van der Waals surface area (Å²) < 4.78 is 22.6. The Labute approximate surface area is 104 Å². The van der Waals surface area contributed by atoms with E-state index in [1.54, 1.807) is 0 Å². The van der Waals surface area contributed by atoms with Gasteiger partial charge in [-0.2, -0.15) is 5.26 Å². The van der Waals surface area contributed by atoms with E-state index in [9.17, 15) is 8.42 Å². The zero-order chi connectivity index (χ0) is 12.3. The third kappa shape index (κ3) is 2.49. The average Bonchev–Trinajstić information content (AvgIpc) is 2.25. The van der Waals surface area contributed by atoms with E-state index in [1.807, 2.05) is 13.0 Å². The van der Waals surface area contributed by atoms with Crippen molar-refractivity contribution < 1.29 is 8.42 Å². The second-order valence-electron chi connectivity index (χ2n) is 3.11. The van der Waals surface area contributed by atoms with E-state index in [-0.39, 0.29) is 10.8 Å². The number of hydrogen-bond donors (Lipinski definition) is 0. The summed E-state index contributed by atoms with van der Waals surface area (Å²) in [4.78, 5) is -0.0139. The van der Waals surface area contributed by atoms with Gasteiger partial charge in [-0.15, -0.1) is 11.6 Å². The SMILES string of the molecule is CCc1c(C#N)ccc(S(=O)(=O)Cl)c1CCl. The van der Waals surface area contributed by atoms with Crippen LogP contribution in [0.1, 0.15) is 23.6 Å². The highest BCUT2D eigenvalue weighted by molar-refractivity contribution is 8.13. The second-order valence-corrected chi connectivity index (χ2v) is 5.91. The van der Waals surface area contributed by atoms with Crippen LogP contribution in [0.5, 0.6) is 0 Å². The molecular weight excluding hydrogens is 269 g/mol. The van der Waals surface area contributed by atoms with Gasteiger partial charge in [-0.1, -0.05) is 6.92 Å². The van der Waals surface area contributed by atoms with Crippen molar-refractivity contribution in [3.8, 4) is 6.07 Å². The molecule has 0 amide bonds. The lowest BCUT2D eigenvalue weighted by Crippen LogP contribution is -2.03. The van der Waals surface area contributed by atoms with E-state index in [0.29, 0.717) is 23.1 Å². The molecule has 1 rings (SSSR count). The molecule has 1 aromatic carbocycles. The zero-order valence-electron chi connectivity index (χ0n) is 8.50. The quantitative estimate of drug-likeness (QED) is 0.631. The molecule has 0 aromatic heterocycles. The first-order chi connectivity index (χ1) is 7.45. The molecule has 16 heavy (non-hydrogen) atoms. The number of nitriles is 1. The number of hydrogen-bond acceptors (Lipinski definition) is 3. The van der Waals surface area contributed by atoms with Crippen molar-refractivity contribution in [2.24, 2.45) is 0 Å². The summed E-state index contributed by atoms with van der Waals surface area (Å²) in [5.74, 6) is 0.0139. The van der Waals surface area contributed by atoms with Crippen LogP contribution in [-0.4, -0.2) is 8.42 Å². The van der Waals surface area contributed by atoms with Crippen LogP contribution in [0.25, 0.3) is 0 Å². The van der Waals surface area contributed by atoms with Crippen LogP contribution in [0.3, 0.4) is 0 Å². The minimum Gasteiger partial charge on any atom is -0.207 e. The monoisotopic (exact) mass is 277 g/mol. The first-order valence-corrected chi connectivity index (χ1v) is 7.35. The fraction of sp³-hybridized carbons (Fsp3) is 0.300. The Balaban J connectivity index is 3.64. The lowest BCUT2D eigenvalue weighted by Gasteiger charge is -2.10. The third-order valence-corrected chi connectivity index (χ3v) is 3.93. The molecule has 1 aromatic rings. The summed E-state index contributed by atoms with van der Waals surface area (Å²) in [6.07, 6.45) is 0.533. The second kappa shape index (κ2) is 5.05. The Morgan fingerprint density at radius 1 is 1.38 bits per heavy atom. The van der Waals surface area contributed by atoms with E-state index in [4.69, 9.17) is 27.5 Å². The summed E-state index contributed by atoms with van der Waals surface area (Å²) >= 11 is 5.72. The predicted molar refractivity (Wildman–Crippen MR) is 63.1 cm³/mol. The molecule has 0 radical (unpaired) electrons. The van der Waals surface area contributed by atoms with Crippen LogP contribution in [0.2, 0.25) is 0 Å². The molecular formula is C10H9Cl2NO2S. The van der Waals surface area contributed by atoms with E-state index in [0.717, 1.165) is 0 Å². The minimum absolute atomic E-state index is 0.0139. The number of benzene rings is 1. The van der Waals surface area contributed by atoms with Gasteiger partial charge in [-0.3, -0.25) is 0 Å². The molecule has 3 nitrogen and oxygen atoms in total. The van der Waals surface area contributed by atoms with Crippen LogP contribution in [0.4, 0.5) is 0 Å². The molecule has 0 aliphatic heterocycles. The van der Waals surface area contributed by atoms with E-state index in [1.165, 1.54) is 12.1 Å². The molecule has 6 heteroatoms. The van der Waals surface area contributed by atoms with Crippen molar-refractivity contribution in [2.75, 3.05) is 0 Å². The van der Waals surface area contributed by atoms with Crippen molar-refractivity contribution in [3.63, 3.8) is 0 Å². The van der Waals surface area contributed by atoms with Crippen molar-refractivity contribution in [1.82, 2.24) is 0 Å². The third-order valence-electron chi connectivity index (χ3n) is 2.26. The van der Waals surface area contributed by atoms with Crippen molar-refractivity contribution in [3.05, 3.63) is 28.8 Å². The lowest BCUT2D eigenvalue weighted by molar-refractivity contribution is 0.608. The molecule has 0 bridgehead atoms. The molecule has 0 heterocycles. The van der Waals surface area contributed by atoms with Crippen LogP contribution in [-0.2, 0) is 21.4 Å². The number of halogens is 2. The molecule has 0 aliphatic carbocycles. The fourth-order valence-corrected chi connectivity index (χ4v) is 3.09. The van der Waals surface area contributed by atoms with Gasteiger partial charge >= 0.3 is 0 Å². The summed E-state index contributed by atoms with van der Waals surface area (Å²) in [6, 6.07) is 4.77. The molecule has 0 saturated carbocycles. The molecule has 86 valence electrons. The summed E-state index contributed by atoms with van der Waals surface area (Å²) in [7, 11) is 1.47. The van der Waals surface area contributed by atoms with Crippen LogP contribution in [0.15, 0.2) is 17.0 Å². The van der Waals surface area contributed by atoms with Gasteiger partial charge in [0.05, 0.1) is 16.5 Å². The highest BCUT2D eigenvalue weighted by Gasteiger charge is 2.19. The van der Waals surface area contributed by atoms with Gasteiger partial charge in [0.1, 0.15) is 0 Å². The Bertz CT molecular complexity index is 547. The van der Waals surface area contributed by atoms with Gasteiger partial charge in [0.15, 0.2) is 0 Å². The van der Waals surface area contributed by atoms with Gasteiger partial charge in [0.2, 0.25) is 0 Å². The Morgan fingerprint density at radius 3 is 2.38 bits per heavy atom. The molecule has 0 spiro atoms. The minimum atomic E-state index is -3.82. The first kappa shape index (κ1) is 13.3. The summed E-state index contributed by atoms with van der Waals surface area (Å²) in [5, 5.41) is 8.89. The first-order valence-electron chi connectivity index (χ1n) is 4.51. The Hall–Kier alpha value is -0.760. The Morgan fingerprint density at radius 2 is 2.00 bits per heavy atom. The van der Waals surface area contributed by atoms with Gasteiger partial charge in [-0.05, 0) is 29.7 Å². The summed E-state index contributed by atoms with van der Waals surface area (Å²) in [5.41, 5.74) is 1.49. The molecule has 0 fully saturated rings. The topological polar surface area (TPSA) is 57.9 Å². The normalized spacial score (nSPS) is 11.1. The van der Waals surface area contributed by atoms with Crippen LogP contribution >= 0.6 is 22.3 Å². The van der Waals surface area contributed by atoms with Crippen molar-refractivity contribution >= 4 is 31.3 Å². The standard InChI is InChI=1S/C10H9Cl2NO2S/c1-2-8-7(6-13)3-4-10(9(8)5-11)16(12,14)15/h3-4H,2,5H2,1H3. The summed E-state index contributed by atoms with van der Waals surface area (Å²) in [6.45, 7) is 1.83. The molecule has 0 N–H and O–H groups in total. The van der Waals surface area contributed by atoms with Gasteiger partial charge in [0.25, 0.3) is 9.05 Å². The highest BCUT2D eigenvalue weighted by atomic mass is 35.7. The molecule has 0 saturated heterocycles. The van der Waals surface area contributed by atoms with Gasteiger partial charge in [0, 0.05) is 16.6 Å². The zero-order valence-corrected chi connectivity index (χ0v) is 10.8. The van der Waals surface area contributed by atoms with Crippen LogP contribution in [0, 0.1) is 11.3 Å². The fourth-order valence-electron chi connectivity index (χ4n) is 1.56. The van der Waals surface area contributed by atoms with E-state index < -0.39 is 9.05 Å². The largest absolute Gasteiger partial charge is 0.261 e. The number of nitrogens with zero attached hydrogens (tertiary/aromatic N) is 1. The van der Waals surface area contributed by atoms with Gasteiger partial charge < -0.3 is 0 Å². The maximum atomic E-state index is 11.3. The van der Waals surface area contributed by atoms with Crippen LogP contribution < -0.4 is 0 Å². The average molecular weight is 278 g/mol. The molecule has 0 unspecified atom stereocenters. The number of alkyl halides is 1. The smallest absolute Gasteiger partial charge is 0.207 e. The highest BCUT2D eigenvalue weighted by Crippen LogP contribution is 2.27. The van der Waals surface area contributed by atoms with E-state index in [2.05, 4.69) is 0 Å². The van der Waals surface area contributed by atoms with Gasteiger partial charge in [-0.25, -0.2) is 8.42 Å². The maximum Gasteiger partial charge on any atom is 0.261 e. The van der Waals surface area contributed by atoms with Crippen molar-refractivity contribution in [2.45, 2.75) is 24.1 Å². The van der Waals surface area contributed by atoms with E-state index >= 15 is 0 Å². The maximum absolute atomic E-state index is 11.3.